The molecule has 0 saturated carbocycles. The van der Waals surface area contributed by atoms with Crippen LogP contribution in [-0.2, 0) is 6.18 Å². The molecule has 0 amide bonds. The molecule has 0 radical (unpaired) electrons. The molecule has 2 rings (SSSR count). The molecule has 1 aromatic carbocycles. The van der Waals surface area contributed by atoms with Crippen LogP contribution in [0, 0.1) is 5.82 Å². The standard InChI is InChI=1S/C12H6BrF4N3O2/c13-5-1-2-8(7(14)3-5)19-11-18-4-6(10(21)22)9(20-11)12(15,16)17/h1-4H,(H,21,22)(H,18,19,20). The molecule has 2 N–H and O–H groups in total. The Labute approximate surface area is 129 Å². The SMILES string of the molecule is O=C(O)c1cnc(Nc2ccc(Br)cc2F)nc1C(F)(F)F. The van der Waals surface area contributed by atoms with E-state index in [-0.39, 0.29) is 5.69 Å². The number of nitrogens with one attached hydrogen (secondary N) is 1. The van der Waals surface area contributed by atoms with Crippen LogP contribution in [0.2, 0.25) is 0 Å². The molecule has 0 aliphatic carbocycles. The Hall–Kier alpha value is -2.23. The van der Waals surface area contributed by atoms with E-state index < -0.39 is 35.2 Å². The van der Waals surface area contributed by atoms with Crippen LogP contribution in [0.3, 0.4) is 0 Å². The van der Waals surface area contributed by atoms with Crippen LogP contribution in [0.1, 0.15) is 16.1 Å². The molecule has 1 aromatic heterocycles. The number of carboxylic acid groups (broad SMARTS) is 1. The van der Waals surface area contributed by atoms with Crippen molar-refractivity contribution in [2.75, 3.05) is 5.32 Å². The minimum Gasteiger partial charge on any atom is -0.478 e. The number of hydrogen-bond acceptors (Lipinski definition) is 4. The van der Waals surface area contributed by atoms with Crippen LogP contribution in [0.4, 0.5) is 29.2 Å². The summed E-state index contributed by atoms with van der Waals surface area (Å²) >= 11 is 3.03. The zero-order chi connectivity index (χ0) is 16.5. The Morgan fingerprint density at radius 2 is 2.00 bits per heavy atom. The summed E-state index contributed by atoms with van der Waals surface area (Å²) in [4.78, 5) is 17.3. The number of hydrogen-bond donors (Lipinski definition) is 2. The molecule has 22 heavy (non-hydrogen) atoms. The van der Waals surface area contributed by atoms with Gasteiger partial charge >= 0.3 is 12.1 Å². The third-order valence-electron chi connectivity index (χ3n) is 2.47. The molecule has 0 aliphatic rings. The maximum atomic E-state index is 13.6. The van der Waals surface area contributed by atoms with Crippen LogP contribution >= 0.6 is 15.9 Å². The fourth-order valence-electron chi connectivity index (χ4n) is 1.53. The molecule has 0 bridgehead atoms. The van der Waals surface area contributed by atoms with Gasteiger partial charge in [0.15, 0.2) is 5.69 Å². The van der Waals surface area contributed by atoms with Gasteiger partial charge in [0.25, 0.3) is 0 Å². The van der Waals surface area contributed by atoms with Crippen LogP contribution in [-0.4, -0.2) is 21.0 Å². The summed E-state index contributed by atoms with van der Waals surface area (Å²) in [6, 6.07) is 3.82. The number of aromatic nitrogens is 2. The van der Waals surface area contributed by atoms with Crippen molar-refractivity contribution in [2.24, 2.45) is 0 Å². The summed E-state index contributed by atoms with van der Waals surface area (Å²) in [6.45, 7) is 0. The van der Waals surface area contributed by atoms with Gasteiger partial charge in [-0.1, -0.05) is 15.9 Å². The smallest absolute Gasteiger partial charge is 0.434 e. The summed E-state index contributed by atoms with van der Waals surface area (Å²) in [5.41, 5.74) is -2.86. The molecule has 0 atom stereocenters. The largest absolute Gasteiger partial charge is 0.478 e. The summed E-state index contributed by atoms with van der Waals surface area (Å²) in [5.74, 6) is -3.12. The Kier molecular flexibility index (Phi) is 4.31. The van der Waals surface area contributed by atoms with Gasteiger partial charge in [-0.3, -0.25) is 0 Å². The topological polar surface area (TPSA) is 75.1 Å². The van der Waals surface area contributed by atoms with Crippen molar-refractivity contribution in [2.45, 2.75) is 6.18 Å². The van der Waals surface area contributed by atoms with Gasteiger partial charge < -0.3 is 10.4 Å². The molecule has 0 spiro atoms. The van der Waals surface area contributed by atoms with Gasteiger partial charge in [-0.05, 0) is 18.2 Å². The van der Waals surface area contributed by atoms with E-state index in [1.165, 1.54) is 12.1 Å². The van der Waals surface area contributed by atoms with Crippen LogP contribution in [0.15, 0.2) is 28.9 Å². The van der Waals surface area contributed by atoms with Gasteiger partial charge in [0.05, 0.1) is 5.69 Å². The lowest BCUT2D eigenvalue weighted by atomic mass is 10.2. The predicted octanol–water partition coefficient (Wildman–Crippen LogP) is 3.84. The maximum absolute atomic E-state index is 13.6. The lowest BCUT2D eigenvalue weighted by molar-refractivity contribution is -0.141. The average molecular weight is 380 g/mol. The fourth-order valence-corrected chi connectivity index (χ4v) is 1.86. The zero-order valence-electron chi connectivity index (χ0n) is 10.4. The Morgan fingerprint density at radius 3 is 2.55 bits per heavy atom. The fraction of sp³-hybridized carbons (Fsp3) is 0.0833. The third-order valence-corrected chi connectivity index (χ3v) is 2.96. The highest BCUT2D eigenvalue weighted by Gasteiger charge is 2.38. The van der Waals surface area contributed by atoms with E-state index in [0.29, 0.717) is 10.7 Å². The van der Waals surface area contributed by atoms with Crippen molar-refractivity contribution in [1.82, 2.24) is 9.97 Å². The summed E-state index contributed by atoms with van der Waals surface area (Å²) in [5, 5.41) is 11.0. The number of carboxylic acids is 1. The first-order valence-electron chi connectivity index (χ1n) is 5.58. The quantitative estimate of drug-likeness (QED) is 0.792. The van der Waals surface area contributed by atoms with E-state index in [1.807, 2.05) is 0 Å². The summed E-state index contributed by atoms with van der Waals surface area (Å²) < 4.78 is 52.4. The van der Waals surface area contributed by atoms with Gasteiger partial charge in [0.2, 0.25) is 5.95 Å². The molecule has 2 aromatic rings. The first-order valence-corrected chi connectivity index (χ1v) is 6.37. The van der Waals surface area contributed by atoms with E-state index in [1.54, 1.807) is 0 Å². The maximum Gasteiger partial charge on any atom is 0.434 e. The Morgan fingerprint density at radius 1 is 1.32 bits per heavy atom. The molecule has 0 saturated heterocycles. The minimum atomic E-state index is -4.98. The second kappa shape index (κ2) is 5.87. The van der Waals surface area contributed by atoms with Crippen LogP contribution in [0.5, 0.6) is 0 Å². The Bertz CT molecular complexity index is 737. The first kappa shape index (κ1) is 16.1. The number of carbonyl (C=O) groups is 1. The average Bonchev–Trinajstić information content (AvgIpc) is 2.40. The van der Waals surface area contributed by atoms with E-state index in [2.05, 4.69) is 31.2 Å². The van der Waals surface area contributed by atoms with Gasteiger partial charge in [0, 0.05) is 10.7 Å². The minimum absolute atomic E-state index is 0.153. The number of halogens is 5. The molecule has 1 heterocycles. The molecular formula is C12H6BrF4N3O2. The second-order valence-electron chi connectivity index (χ2n) is 4.01. The highest BCUT2D eigenvalue weighted by Crippen LogP contribution is 2.31. The molecular weight excluding hydrogens is 374 g/mol. The monoisotopic (exact) mass is 379 g/mol. The normalized spacial score (nSPS) is 11.3. The van der Waals surface area contributed by atoms with E-state index in [4.69, 9.17) is 5.11 Å². The molecule has 116 valence electrons. The summed E-state index contributed by atoms with van der Waals surface area (Å²) in [6.07, 6.45) is -4.47. The Balaban J connectivity index is 2.43. The van der Waals surface area contributed by atoms with Gasteiger partial charge in [0.1, 0.15) is 11.4 Å². The van der Waals surface area contributed by atoms with Crippen molar-refractivity contribution < 1.29 is 27.5 Å². The molecule has 0 fully saturated rings. The summed E-state index contributed by atoms with van der Waals surface area (Å²) in [7, 11) is 0. The lowest BCUT2D eigenvalue weighted by Crippen LogP contribution is -2.17. The first-order chi connectivity index (χ1) is 10.2. The number of benzene rings is 1. The van der Waals surface area contributed by atoms with Gasteiger partial charge in [-0.15, -0.1) is 0 Å². The van der Waals surface area contributed by atoms with Gasteiger partial charge in [-0.2, -0.15) is 13.2 Å². The van der Waals surface area contributed by atoms with Crippen molar-refractivity contribution in [1.29, 1.82) is 0 Å². The molecule has 0 aliphatic heterocycles. The van der Waals surface area contributed by atoms with E-state index in [0.717, 1.165) is 6.07 Å². The van der Waals surface area contributed by atoms with Gasteiger partial charge in [-0.25, -0.2) is 19.2 Å². The van der Waals surface area contributed by atoms with Crippen LogP contribution < -0.4 is 5.32 Å². The van der Waals surface area contributed by atoms with Crippen LogP contribution in [0.25, 0.3) is 0 Å². The number of rotatable bonds is 3. The number of alkyl halides is 3. The molecule has 5 nitrogen and oxygen atoms in total. The molecule has 0 unspecified atom stereocenters. The highest BCUT2D eigenvalue weighted by atomic mass is 79.9. The highest BCUT2D eigenvalue weighted by molar-refractivity contribution is 9.10. The number of anilines is 2. The number of aromatic carboxylic acids is 1. The van der Waals surface area contributed by atoms with Crippen molar-refractivity contribution in [3.63, 3.8) is 0 Å². The van der Waals surface area contributed by atoms with Crippen molar-refractivity contribution in [3.8, 4) is 0 Å². The van der Waals surface area contributed by atoms with E-state index in [9.17, 15) is 22.4 Å². The lowest BCUT2D eigenvalue weighted by Gasteiger charge is -2.11. The van der Waals surface area contributed by atoms with E-state index >= 15 is 0 Å². The van der Waals surface area contributed by atoms with Crippen molar-refractivity contribution >= 4 is 33.5 Å². The zero-order valence-corrected chi connectivity index (χ0v) is 12.0. The second-order valence-corrected chi connectivity index (χ2v) is 4.92. The number of nitrogens with zero attached hydrogens (tertiary/aromatic N) is 2. The predicted molar refractivity (Wildman–Crippen MR) is 71.4 cm³/mol. The third kappa shape index (κ3) is 3.50. The van der Waals surface area contributed by atoms with Crippen molar-refractivity contribution in [3.05, 3.63) is 45.9 Å². The molecule has 10 heteroatoms.